The summed E-state index contributed by atoms with van der Waals surface area (Å²) in [6.45, 7) is 4.00. The first-order chi connectivity index (χ1) is 14.9. The summed E-state index contributed by atoms with van der Waals surface area (Å²) in [5.74, 6) is 0. The molecular formula is C20H26N4O5S2. The van der Waals surface area contributed by atoms with Crippen LogP contribution < -0.4 is 0 Å². The molecule has 0 bridgehead atoms. The van der Waals surface area contributed by atoms with E-state index in [4.69, 9.17) is 4.74 Å². The number of morpholine rings is 1. The van der Waals surface area contributed by atoms with Crippen molar-refractivity contribution in [2.45, 2.75) is 16.3 Å². The summed E-state index contributed by atoms with van der Waals surface area (Å²) in [7, 11) is -7.09. The molecule has 2 aliphatic heterocycles. The van der Waals surface area contributed by atoms with E-state index in [1.54, 1.807) is 36.5 Å². The van der Waals surface area contributed by atoms with Crippen LogP contribution in [0.25, 0.3) is 0 Å². The lowest BCUT2D eigenvalue weighted by Gasteiger charge is -2.34. The Bertz CT molecular complexity index is 1100. The van der Waals surface area contributed by atoms with Gasteiger partial charge in [0.2, 0.25) is 20.0 Å². The quantitative estimate of drug-likeness (QED) is 0.615. The van der Waals surface area contributed by atoms with Gasteiger partial charge in [0.05, 0.1) is 18.1 Å². The lowest BCUT2D eigenvalue weighted by atomic mass is 10.2. The molecule has 31 heavy (non-hydrogen) atoms. The van der Waals surface area contributed by atoms with Gasteiger partial charge in [0, 0.05) is 58.2 Å². The average molecular weight is 467 g/mol. The van der Waals surface area contributed by atoms with Crippen LogP contribution >= 0.6 is 0 Å². The Morgan fingerprint density at radius 1 is 0.806 bits per heavy atom. The van der Waals surface area contributed by atoms with Crippen LogP contribution in [0.15, 0.2) is 58.6 Å². The lowest BCUT2D eigenvalue weighted by Crippen LogP contribution is -2.48. The fourth-order valence-electron chi connectivity index (χ4n) is 3.78. The van der Waals surface area contributed by atoms with E-state index in [1.165, 1.54) is 14.8 Å². The first-order valence-electron chi connectivity index (χ1n) is 10.2. The molecule has 0 amide bonds. The molecule has 2 aromatic rings. The van der Waals surface area contributed by atoms with E-state index >= 15 is 0 Å². The van der Waals surface area contributed by atoms with Gasteiger partial charge in [0.15, 0.2) is 0 Å². The van der Waals surface area contributed by atoms with Crippen LogP contribution in [0.4, 0.5) is 0 Å². The molecule has 0 atom stereocenters. The fraction of sp³-hybridized carbons (Fsp3) is 0.450. The molecule has 0 saturated carbocycles. The number of rotatable bonds is 6. The summed E-state index contributed by atoms with van der Waals surface area (Å²) >= 11 is 0. The van der Waals surface area contributed by atoms with E-state index in [2.05, 4.69) is 9.88 Å². The van der Waals surface area contributed by atoms with E-state index < -0.39 is 20.0 Å². The van der Waals surface area contributed by atoms with Gasteiger partial charge in [-0.25, -0.2) is 16.8 Å². The molecule has 9 nitrogen and oxygen atoms in total. The molecule has 0 N–H and O–H groups in total. The van der Waals surface area contributed by atoms with Crippen molar-refractivity contribution >= 4 is 20.0 Å². The highest BCUT2D eigenvalue weighted by molar-refractivity contribution is 7.89. The molecule has 2 saturated heterocycles. The van der Waals surface area contributed by atoms with E-state index in [-0.39, 0.29) is 9.79 Å². The number of piperazine rings is 1. The van der Waals surface area contributed by atoms with Crippen molar-refractivity contribution in [3.8, 4) is 0 Å². The topological polar surface area (TPSA) is 100 Å². The van der Waals surface area contributed by atoms with Crippen molar-refractivity contribution < 1.29 is 21.6 Å². The van der Waals surface area contributed by atoms with Crippen molar-refractivity contribution in [3.05, 3.63) is 54.4 Å². The van der Waals surface area contributed by atoms with Crippen LogP contribution in [0.5, 0.6) is 0 Å². The largest absolute Gasteiger partial charge is 0.379 e. The molecular weight excluding hydrogens is 440 g/mol. The van der Waals surface area contributed by atoms with Gasteiger partial charge in [0.25, 0.3) is 0 Å². The molecule has 11 heteroatoms. The van der Waals surface area contributed by atoms with E-state index in [0.717, 1.165) is 5.56 Å². The Hall–Kier alpha value is -1.89. The minimum atomic E-state index is -3.55. The van der Waals surface area contributed by atoms with Gasteiger partial charge in [-0.15, -0.1) is 0 Å². The summed E-state index contributed by atoms with van der Waals surface area (Å²) in [5.41, 5.74) is 0.887. The lowest BCUT2D eigenvalue weighted by molar-refractivity contribution is 0.0730. The maximum Gasteiger partial charge on any atom is 0.244 e. The number of aromatic nitrogens is 1. The van der Waals surface area contributed by atoms with E-state index in [1.807, 2.05) is 6.07 Å². The monoisotopic (exact) mass is 466 g/mol. The zero-order valence-corrected chi connectivity index (χ0v) is 18.8. The van der Waals surface area contributed by atoms with Gasteiger partial charge in [-0.3, -0.25) is 9.88 Å². The number of sulfonamides is 2. The van der Waals surface area contributed by atoms with Crippen molar-refractivity contribution in [3.63, 3.8) is 0 Å². The molecule has 2 fully saturated rings. The van der Waals surface area contributed by atoms with Gasteiger partial charge in [-0.05, 0) is 29.8 Å². The highest BCUT2D eigenvalue weighted by Crippen LogP contribution is 2.21. The third-order valence-electron chi connectivity index (χ3n) is 5.52. The third-order valence-corrected chi connectivity index (χ3v) is 9.29. The number of ether oxygens (including phenoxy) is 1. The highest BCUT2D eigenvalue weighted by atomic mass is 32.2. The van der Waals surface area contributed by atoms with Gasteiger partial charge in [-0.2, -0.15) is 8.61 Å². The summed E-state index contributed by atoms with van der Waals surface area (Å²) in [6.07, 6.45) is 2.91. The maximum atomic E-state index is 12.9. The molecule has 3 heterocycles. The SMILES string of the molecule is O=S(=O)(c1cccc(CN2CCN(S(=O)(=O)c3cccnc3)CC2)c1)N1CCOCC1. The zero-order valence-electron chi connectivity index (χ0n) is 17.1. The van der Waals surface area contributed by atoms with Gasteiger partial charge < -0.3 is 4.74 Å². The van der Waals surface area contributed by atoms with Crippen LogP contribution in [0, 0.1) is 0 Å². The minimum absolute atomic E-state index is 0.199. The molecule has 1 aromatic heterocycles. The van der Waals surface area contributed by atoms with Crippen molar-refractivity contribution in [2.75, 3.05) is 52.5 Å². The summed E-state index contributed by atoms with van der Waals surface area (Å²) in [4.78, 5) is 6.52. The van der Waals surface area contributed by atoms with Crippen LogP contribution in [-0.2, 0) is 31.3 Å². The maximum absolute atomic E-state index is 12.9. The Balaban J connectivity index is 1.40. The fourth-order valence-corrected chi connectivity index (χ4v) is 6.64. The number of benzene rings is 1. The number of hydrogen-bond donors (Lipinski definition) is 0. The van der Waals surface area contributed by atoms with Crippen LogP contribution in [0.1, 0.15) is 5.56 Å². The summed E-state index contributed by atoms with van der Waals surface area (Å²) in [6, 6.07) is 10.1. The Labute approximate surface area is 183 Å². The normalized spacial score (nSPS) is 20.0. The average Bonchev–Trinajstić information content (AvgIpc) is 2.81. The van der Waals surface area contributed by atoms with E-state index in [0.29, 0.717) is 59.0 Å². The third kappa shape index (κ3) is 4.97. The molecule has 0 aliphatic carbocycles. The van der Waals surface area contributed by atoms with Crippen LogP contribution in [0.3, 0.4) is 0 Å². The zero-order chi connectivity index (χ0) is 21.9. The second-order valence-corrected chi connectivity index (χ2v) is 11.4. The van der Waals surface area contributed by atoms with Crippen LogP contribution in [-0.4, -0.2) is 87.8 Å². The van der Waals surface area contributed by atoms with Crippen molar-refractivity contribution in [1.29, 1.82) is 0 Å². The number of nitrogens with zero attached hydrogens (tertiary/aromatic N) is 4. The summed E-state index contributed by atoms with van der Waals surface area (Å²) < 4.78 is 59.5. The van der Waals surface area contributed by atoms with Gasteiger partial charge in [0.1, 0.15) is 4.90 Å². The molecule has 2 aliphatic rings. The predicted molar refractivity (Wildman–Crippen MR) is 114 cm³/mol. The van der Waals surface area contributed by atoms with Gasteiger partial charge in [-0.1, -0.05) is 12.1 Å². The second kappa shape index (κ2) is 9.31. The minimum Gasteiger partial charge on any atom is -0.379 e. The van der Waals surface area contributed by atoms with Crippen molar-refractivity contribution in [2.24, 2.45) is 0 Å². The molecule has 0 radical (unpaired) electrons. The number of hydrogen-bond acceptors (Lipinski definition) is 7. The Morgan fingerprint density at radius 2 is 1.45 bits per heavy atom. The Morgan fingerprint density at radius 3 is 2.13 bits per heavy atom. The summed E-state index contributed by atoms with van der Waals surface area (Å²) in [5, 5.41) is 0. The van der Waals surface area contributed by atoms with Gasteiger partial charge >= 0.3 is 0 Å². The van der Waals surface area contributed by atoms with Crippen molar-refractivity contribution in [1.82, 2.24) is 18.5 Å². The smallest absolute Gasteiger partial charge is 0.244 e. The molecule has 4 rings (SSSR count). The molecule has 0 spiro atoms. The molecule has 1 aromatic carbocycles. The first-order valence-corrected chi connectivity index (χ1v) is 13.0. The first kappa shape index (κ1) is 22.3. The van der Waals surface area contributed by atoms with Crippen LogP contribution in [0.2, 0.25) is 0 Å². The van der Waals surface area contributed by atoms with E-state index in [9.17, 15) is 16.8 Å². The standard InChI is InChI=1S/C20H26N4O5S2/c25-30(26,24-11-13-29-14-12-24)19-4-1-3-18(15-19)17-22-7-9-23(10-8-22)31(27,28)20-5-2-6-21-16-20/h1-6,15-16H,7-14,17H2. The molecule has 0 unspecified atom stereocenters. The Kier molecular flexibility index (Phi) is 6.70. The predicted octanol–water partition coefficient (Wildman–Crippen LogP) is 0.609. The second-order valence-electron chi connectivity index (χ2n) is 7.53. The molecule has 168 valence electrons. The highest BCUT2D eigenvalue weighted by Gasteiger charge is 2.29. The number of pyridine rings is 1.